The fourth-order valence-corrected chi connectivity index (χ4v) is 3.23. The van der Waals surface area contributed by atoms with E-state index in [1.807, 2.05) is 41.2 Å². The van der Waals surface area contributed by atoms with Gasteiger partial charge in [-0.25, -0.2) is 4.98 Å². The van der Waals surface area contributed by atoms with Gasteiger partial charge in [0.15, 0.2) is 0 Å². The van der Waals surface area contributed by atoms with Gasteiger partial charge >= 0.3 is 0 Å². The van der Waals surface area contributed by atoms with Gasteiger partial charge in [-0.1, -0.05) is 48.5 Å². The van der Waals surface area contributed by atoms with Crippen LogP contribution in [0.15, 0.2) is 72.9 Å². The molecule has 6 heteroatoms. The summed E-state index contributed by atoms with van der Waals surface area (Å²) in [6.45, 7) is 0.743. The van der Waals surface area contributed by atoms with E-state index in [1.165, 1.54) is 5.56 Å². The van der Waals surface area contributed by atoms with Crippen molar-refractivity contribution in [2.45, 2.75) is 13.0 Å². The lowest BCUT2D eigenvalue weighted by Crippen LogP contribution is -2.05. The Hall–Kier alpha value is -3.80. The number of rotatable bonds is 5. The van der Waals surface area contributed by atoms with Crippen molar-refractivity contribution in [1.82, 2.24) is 14.8 Å². The van der Waals surface area contributed by atoms with Crippen LogP contribution in [0.2, 0.25) is 0 Å². The van der Waals surface area contributed by atoms with Gasteiger partial charge in [0.1, 0.15) is 11.6 Å². The molecule has 0 atom stereocenters. The Labute approximate surface area is 163 Å². The van der Waals surface area contributed by atoms with Gasteiger partial charge in [-0.2, -0.15) is 5.10 Å². The van der Waals surface area contributed by atoms with Crippen LogP contribution in [0.5, 0.6) is 0 Å². The van der Waals surface area contributed by atoms with Crippen molar-refractivity contribution < 1.29 is 0 Å². The van der Waals surface area contributed by atoms with Gasteiger partial charge in [0.25, 0.3) is 0 Å². The van der Waals surface area contributed by atoms with Gasteiger partial charge in [0, 0.05) is 11.8 Å². The molecule has 140 valence electrons. The molecule has 0 aliphatic heterocycles. The fourth-order valence-electron chi connectivity index (χ4n) is 3.23. The van der Waals surface area contributed by atoms with Crippen LogP contribution in [0, 0.1) is 0 Å². The molecule has 0 aliphatic rings. The lowest BCUT2D eigenvalue weighted by atomic mass is 10.0. The van der Waals surface area contributed by atoms with Crippen LogP contribution >= 0.6 is 0 Å². The molecule has 0 radical (unpaired) electrons. The maximum absolute atomic E-state index is 6.07. The lowest BCUT2D eigenvalue weighted by molar-refractivity contribution is 0.689. The molecule has 0 aliphatic carbocycles. The van der Waals surface area contributed by atoms with E-state index in [4.69, 9.17) is 22.3 Å². The Morgan fingerprint density at radius 2 is 1.61 bits per heavy atom. The summed E-state index contributed by atoms with van der Waals surface area (Å²) in [4.78, 5) is 4.00. The van der Waals surface area contributed by atoms with Gasteiger partial charge in [-0.15, -0.1) is 0 Å². The van der Waals surface area contributed by atoms with Gasteiger partial charge in [-0.3, -0.25) is 4.68 Å². The first-order valence-electron chi connectivity index (χ1n) is 9.05. The third kappa shape index (κ3) is 3.81. The Balaban J connectivity index is 1.56. The molecule has 2 heterocycles. The summed E-state index contributed by atoms with van der Waals surface area (Å²) in [7, 11) is 0. The molecular formula is C22H22N6. The molecule has 0 spiro atoms. The first-order valence-corrected chi connectivity index (χ1v) is 9.05. The second kappa shape index (κ2) is 7.44. The summed E-state index contributed by atoms with van der Waals surface area (Å²) in [6.07, 6.45) is 2.62. The molecule has 6 nitrogen and oxygen atoms in total. The quantitative estimate of drug-likeness (QED) is 0.499. The second-order valence-electron chi connectivity index (χ2n) is 6.77. The van der Waals surface area contributed by atoms with Crippen molar-refractivity contribution in [3.05, 3.63) is 89.6 Å². The highest BCUT2D eigenvalue weighted by Crippen LogP contribution is 2.25. The number of hydrogen-bond acceptors (Lipinski definition) is 5. The number of anilines is 3. The van der Waals surface area contributed by atoms with Crippen LogP contribution in [0.25, 0.3) is 11.3 Å². The highest BCUT2D eigenvalue weighted by molar-refractivity contribution is 5.67. The van der Waals surface area contributed by atoms with Crippen molar-refractivity contribution in [2.75, 3.05) is 17.2 Å². The number of benzene rings is 2. The average Bonchev–Trinajstić information content (AvgIpc) is 3.15. The van der Waals surface area contributed by atoms with Crippen molar-refractivity contribution in [1.29, 1.82) is 0 Å². The summed E-state index contributed by atoms with van der Waals surface area (Å²) in [6, 6.07) is 22.3. The summed E-state index contributed by atoms with van der Waals surface area (Å²) in [5.41, 5.74) is 23.4. The summed E-state index contributed by atoms with van der Waals surface area (Å²) < 4.78 is 1.94. The van der Waals surface area contributed by atoms with Crippen LogP contribution in [-0.4, -0.2) is 14.8 Å². The Bertz CT molecular complexity index is 1100. The maximum Gasteiger partial charge on any atom is 0.149 e. The molecule has 4 rings (SSSR count). The number of nitrogens with two attached hydrogens (primary N) is 3. The van der Waals surface area contributed by atoms with Crippen molar-refractivity contribution in [2.24, 2.45) is 0 Å². The molecule has 0 saturated heterocycles. The zero-order chi connectivity index (χ0) is 19.5. The smallest absolute Gasteiger partial charge is 0.149 e. The predicted molar refractivity (Wildman–Crippen MR) is 113 cm³/mol. The highest BCUT2D eigenvalue weighted by atomic mass is 15.3. The molecule has 28 heavy (non-hydrogen) atoms. The largest absolute Gasteiger partial charge is 0.396 e. The molecule has 2 aromatic heterocycles. The molecule has 0 bridgehead atoms. The van der Waals surface area contributed by atoms with E-state index < -0.39 is 0 Å². The Morgan fingerprint density at radius 3 is 2.43 bits per heavy atom. The second-order valence-corrected chi connectivity index (χ2v) is 6.77. The summed E-state index contributed by atoms with van der Waals surface area (Å²) in [5, 5.41) is 4.71. The van der Waals surface area contributed by atoms with Gasteiger partial charge < -0.3 is 17.2 Å². The normalized spacial score (nSPS) is 10.9. The molecule has 4 aromatic rings. The van der Waals surface area contributed by atoms with E-state index in [0.29, 0.717) is 17.9 Å². The maximum atomic E-state index is 6.07. The minimum absolute atomic E-state index is 0.269. The SMILES string of the molecule is Nc1cc(Cc2cccc(-c3ccn(Cc4ccccc4)n3)c2)c(N)c(N)n1. The van der Waals surface area contributed by atoms with Gasteiger partial charge in [0.2, 0.25) is 0 Å². The van der Waals surface area contributed by atoms with E-state index in [0.717, 1.165) is 28.9 Å². The lowest BCUT2D eigenvalue weighted by Gasteiger charge is -2.10. The molecule has 0 unspecified atom stereocenters. The van der Waals surface area contributed by atoms with Crippen LogP contribution in [0.1, 0.15) is 16.7 Å². The van der Waals surface area contributed by atoms with E-state index in [-0.39, 0.29) is 5.82 Å². The molecular weight excluding hydrogens is 348 g/mol. The average molecular weight is 370 g/mol. The van der Waals surface area contributed by atoms with Crippen molar-refractivity contribution in [3.63, 3.8) is 0 Å². The molecule has 6 N–H and O–H groups in total. The predicted octanol–water partition coefficient (Wildman–Crippen LogP) is 3.33. The Morgan fingerprint density at radius 1 is 0.821 bits per heavy atom. The van der Waals surface area contributed by atoms with Gasteiger partial charge in [0.05, 0.1) is 17.9 Å². The van der Waals surface area contributed by atoms with Crippen LogP contribution in [-0.2, 0) is 13.0 Å². The van der Waals surface area contributed by atoms with E-state index in [1.54, 1.807) is 6.07 Å². The molecule has 0 fully saturated rings. The monoisotopic (exact) mass is 370 g/mol. The van der Waals surface area contributed by atoms with E-state index in [9.17, 15) is 0 Å². The number of pyridine rings is 1. The van der Waals surface area contributed by atoms with Crippen LogP contribution in [0.4, 0.5) is 17.3 Å². The zero-order valence-corrected chi connectivity index (χ0v) is 15.4. The summed E-state index contributed by atoms with van der Waals surface area (Å²) >= 11 is 0. The third-order valence-corrected chi connectivity index (χ3v) is 4.64. The fraction of sp³-hybridized carbons (Fsp3) is 0.0909. The first kappa shape index (κ1) is 17.6. The third-order valence-electron chi connectivity index (χ3n) is 4.64. The first-order chi connectivity index (χ1) is 13.6. The summed E-state index contributed by atoms with van der Waals surface area (Å²) in [5.74, 6) is 0.642. The molecule has 0 amide bonds. The zero-order valence-electron chi connectivity index (χ0n) is 15.4. The number of hydrogen-bond donors (Lipinski definition) is 3. The number of nitrogens with zero attached hydrogens (tertiary/aromatic N) is 3. The molecule has 2 aromatic carbocycles. The van der Waals surface area contributed by atoms with Gasteiger partial charge in [-0.05, 0) is 41.3 Å². The Kier molecular flexibility index (Phi) is 4.68. The number of nitrogen functional groups attached to an aromatic ring is 3. The topological polar surface area (TPSA) is 109 Å². The van der Waals surface area contributed by atoms with Crippen LogP contribution < -0.4 is 17.2 Å². The minimum atomic E-state index is 0.269. The number of aromatic nitrogens is 3. The van der Waals surface area contributed by atoms with E-state index in [2.05, 4.69) is 35.3 Å². The highest BCUT2D eigenvalue weighted by Gasteiger charge is 2.09. The standard InChI is InChI=1S/C22H22N6/c23-20-13-18(21(24)22(25)26-20)12-16-7-4-8-17(11-16)19-9-10-28(27-19)14-15-5-2-1-3-6-15/h1-11,13H,12,14,24H2,(H4,23,25,26). The molecule has 0 saturated carbocycles. The van der Waals surface area contributed by atoms with E-state index >= 15 is 0 Å². The minimum Gasteiger partial charge on any atom is -0.396 e. The van der Waals surface area contributed by atoms with Crippen molar-refractivity contribution >= 4 is 17.3 Å². The van der Waals surface area contributed by atoms with Crippen molar-refractivity contribution in [3.8, 4) is 11.3 Å². The van der Waals surface area contributed by atoms with Crippen LogP contribution in [0.3, 0.4) is 0 Å².